The molecule has 7 unspecified atom stereocenters. The molecule has 4 heteroatoms. The molecule has 0 aromatic heterocycles. The van der Waals surface area contributed by atoms with E-state index < -0.39 is 34.6 Å². The van der Waals surface area contributed by atoms with Crippen molar-refractivity contribution in [3.05, 3.63) is 23.8 Å². The average molecular weight is 332 g/mol. The number of Topliss-reactive ketones (excluding diaryl/α,β-unsaturated/α-hetero) is 1. The molecule has 1 spiro atoms. The third-order valence-corrected chi connectivity index (χ3v) is 8.00. The fraction of sp³-hybridized carbons (Fsp3) is 0.750. The van der Waals surface area contributed by atoms with Crippen molar-refractivity contribution >= 4 is 5.78 Å². The zero-order chi connectivity index (χ0) is 17.7. The Kier molecular flexibility index (Phi) is 3.16. The molecular weight excluding hydrogens is 304 g/mol. The van der Waals surface area contributed by atoms with E-state index in [1.807, 2.05) is 6.92 Å². The van der Waals surface area contributed by atoms with Crippen LogP contribution in [0.4, 0.5) is 0 Å². The Balaban J connectivity index is 1.88. The smallest absolute Gasteiger partial charge is 0.142 e. The maximum absolute atomic E-state index is 12.5. The Morgan fingerprint density at radius 3 is 2.54 bits per heavy atom. The van der Waals surface area contributed by atoms with Crippen LogP contribution in [-0.4, -0.2) is 38.9 Å². The van der Waals surface area contributed by atoms with E-state index >= 15 is 0 Å². The number of hydrogen-bond acceptors (Lipinski definition) is 4. The molecule has 0 radical (unpaired) electrons. The summed E-state index contributed by atoms with van der Waals surface area (Å²) in [5.41, 5.74) is -1.04. The highest BCUT2D eigenvalue weighted by molar-refractivity contribution is 5.89. The number of ketones is 1. The van der Waals surface area contributed by atoms with Crippen LogP contribution in [0.5, 0.6) is 0 Å². The van der Waals surface area contributed by atoms with Gasteiger partial charge in [0, 0.05) is 23.7 Å². The third-order valence-electron chi connectivity index (χ3n) is 8.00. The van der Waals surface area contributed by atoms with Crippen molar-refractivity contribution in [1.82, 2.24) is 0 Å². The summed E-state index contributed by atoms with van der Waals surface area (Å²) in [5, 5.41) is 33.6. The van der Waals surface area contributed by atoms with E-state index in [0.29, 0.717) is 0 Å². The minimum Gasteiger partial charge on any atom is -0.392 e. The van der Waals surface area contributed by atoms with Crippen LogP contribution in [0.2, 0.25) is 0 Å². The molecule has 4 aliphatic carbocycles. The quantitative estimate of drug-likeness (QED) is 0.593. The molecule has 0 aromatic rings. The van der Waals surface area contributed by atoms with E-state index in [1.165, 1.54) is 5.57 Å². The number of rotatable bonds is 0. The predicted octanol–water partition coefficient (Wildman–Crippen LogP) is 1.99. The first kappa shape index (κ1) is 16.5. The van der Waals surface area contributed by atoms with Crippen molar-refractivity contribution in [2.24, 2.45) is 28.6 Å². The van der Waals surface area contributed by atoms with E-state index in [-0.39, 0.29) is 30.5 Å². The molecule has 3 N–H and O–H groups in total. The van der Waals surface area contributed by atoms with E-state index in [2.05, 4.69) is 12.7 Å². The van der Waals surface area contributed by atoms with Gasteiger partial charge >= 0.3 is 0 Å². The lowest BCUT2D eigenvalue weighted by atomic mass is 9.61. The Morgan fingerprint density at radius 1 is 1.21 bits per heavy atom. The van der Waals surface area contributed by atoms with Crippen molar-refractivity contribution in [3.8, 4) is 0 Å². The van der Waals surface area contributed by atoms with Gasteiger partial charge in [-0.2, -0.15) is 0 Å². The molecule has 0 aromatic carbocycles. The molecule has 4 rings (SSSR count). The summed E-state index contributed by atoms with van der Waals surface area (Å²) >= 11 is 0. The summed E-state index contributed by atoms with van der Waals surface area (Å²) < 4.78 is 0. The second-order valence-corrected chi connectivity index (χ2v) is 9.11. The number of aliphatic hydroxyl groups excluding tert-OH is 2. The van der Waals surface area contributed by atoms with Gasteiger partial charge in [-0.3, -0.25) is 4.79 Å². The maximum Gasteiger partial charge on any atom is 0.142 e. The van der Waals surface area contributed by atoms with Crippen LogP contribution >= 0.6 is 0 Å². The molecule has 0 amide bonds. The van der Waals surface area contributed by atoms with Crippen molar-refractivity contribution in [1.29, 1.82) is 0 Å². The van der Waals surface area contributed by atoms with Crippen molar-refractivity contribution in [2.75, 3.05) is 0 Å². The molecule has 24 heavy (non-hydrogen) atoms. The van der Waals surface area contributed by atoms with Gasteiger partial charge in [-0.15, -0.1) is 0 Å². The first-order chi connectivity index (χ1) is 11.1. The first-order valence-corrected chi connectivity index (χ1v) is 9.07. The molecule has 2 bridgehead atoms. The topological polar surface area (TPSA) is 77.8 Å². The Labute approximate surface area is 143 Å². The van der Waals surface area contributed by atoms with Crippen molar-refractivity contribution in [3.63, 3.8) is 0 Å². The zero-order valence-electron chi connectivity index (χ0n) is 14.7. The van der Waals surface area contributed by atoms with Gasteiger partial charge in [0.25, 0.3) is 0 Å². The Morgan fingerprint density at radius 2 is 1.88 bits per heavy atom. The Hall–Kier alpha value is -0.970. The zero-order valence-corrected chi connectivity index (χ0v) is 14.7. The van der Waals surface area contributed by atoms with E-state index in [4.69, 9.17) is 0 Å². The fourth-order valence-electron chi connectivity index (χ4n) is 6.45. The molecule has 4 aliphatic rings. The van der Waals surface area contributed by atoms with Crippen LogP contribution in [-0.2, 0) is 4.79 Å². The summed E-state index contributed by atoms with van der Waals surface area (Å²) in [5.74, 6) is -0.295. The number of fused-ring (bicyclic) bond motifs is 2. The number of aliphatic hydroxyl groups is 3. The van der Waals surface area contributed by atoms with Crippen LogP contribution in [0, 0.1) is 28.6 Å². The predicted molar refractivity (Wildman–Crippen MR) is 90.0 cm³/mol. The Bertz CT molecular complexity index is 663. The van der Waals surface area contributed by atoms with Crippen LogP contribution in [0.15, 0.2) is 23.8 Å². The maximum atomic E-state index is 12.5. The van der Waals surface area contributed by atoms with Gasteiger partial charge in [0.15, 0.2) is 0 Å². The summed E-state index contributed by atoms with van der Waals surface area (Å²) in [6.07, 6.45) is 2.85. The highest BCUT2D eigenvalue weighted by Gasteiger charge is 2.69. The van der Waals surface area contributed by atoms with Crippen molar-refractivity contribution < 1.29 is 20.1 Å². The van der Waals surface area contributed by atoms with Crippen LogP contribution in [0.1, 0.15) is 46.5 Å². The van der Waals surface area contributed by atoms with Gasteiger partial charge in [-0.05, 0) is 32.1 Å². The minimum atomic E-state index is -1.51. The monoisotopic (exact) mass is 332 g/mol. The first-order valence-electron chi connectivity index (χ1n) is 9.07. The highest BCUT2D eigenvalue weighted by Crippen LogP contribution is 2.65. The van der Waals surface area contributed by atoms with Gasteiger partial charge < -0.3 is 15.3 Å². The minimum absolute atomic E-state index is 0.0107. The van der Waals surface area contributed by atoms with Crippen LogP contribution in [0.3, 0.4) is 0 Å². The lowest BCUT2D eigenvalue weighted by Gasteiger charge is -2.46. The van der Waals surface area contributed by atoms with Gasteiger partial charge in [-0.25, -0.2) is 0 Å². The lowest BCUT2D eigenvalue weighted by molar-refractivity contribution is -0.165. The summed E-state index contributed by atoms with van der Waals surface area (Å²) in [6, 6.07) is 0. The van der Waals surface area contributed by atoms with Crippen LogP contribution in [0.25, 0.3) is 0 Å². The largest absolute Gasteiger partial charge is 0.392 e. The number of hydrogen-bond donors (Lipinski definition) is 3. The molecule has 132 valence electrons. The van der Waals surface area contributed by atoms with Crippen LogP contribution < -0.4 is 0 Å². The molecule has 0 aliphatic heterocycles. The van der Waals surface area contributed by atoms with Gasteiger partial charge in [0.1, 0.15) is 11.4 Å². The normalized spacial score (nSPS) is 52.6. The molecule has 0 heterocycles. The van der Waals surface area contributed by atoms with Crippen molar-refractivity contribution in [2.45, 2.75) is 64.3 Å². The molecule has 4 nitrogen and oxygen atoms in total. The molecular formula is C20H28O4. The summed E-state index contributed by atoms with van der Waals surface area (Å²) in [4.78, 5) is 12.5. The molecule has 0 saturated heterocycles. The summed E-state index contributed by atoms with van der Waals surface area (Å²) in [7, 11) is 0. The second-order valence-electron chi connectivity index (χ2n) is 9.11. The third kappa shape index (κ3) is 1.58. The van der Waals surface area contributed by atoms with Gasteiger partial charge in [0.2, 0.25) is 0 Å². The molecule has 3 fully saturated rings. The van der Waals surface area contributed by atoms with Gasteiger partial charge in [-0.1, -0.05) is 37.6 Å². The summed E-state index contributed by atoms with van der Waals surface area (Å²) in [6.45, 7) is 9.80. The number of carbonyl (C=O) groups excluding carboxylic acids is 1. The SMILES string of the molecule is C=C1C2CCC3C(C)=CC2(CC(O)C2(O)C1CC(=O)C2(C)C)C3O. The van der Waals surface area contributed by atoms with Gasteiger partial charge in [0.05, 0.1) is 17.6 Å². The fourth-order valence-corrected chi connectivity index (χ4v) is 6.45. The van der Waals surface area contributed by atoms with E-state index in [1.54, 1.807) is 13.8 Å². The standard InChI is InChI=1S/C20H28O4/c1-10-8-19-9-16(22)20(24)14(7-15(21)18(20,3)4)11(2)13(19)6-5-12(10)17(19)23/h8,12-14,16-17,22-24H,2,5-7,9H2,1,3-4H3. The molecule has 7 atom stereocenters. The average Bonchev–Trinajstić information content (AvgIpc) is 2.73. The number of carbonyl (C=O) groups is 1. The van der Waals surface area contributed by atoms with E-state index in [9.17, 15) is 20.1 Å². The second kappa shape index (κ2) is 4.60. The van der Waals surface area contributed by atoms with E-state index in [0.717, 1.165) is 18.4 Å². The molecule has 3 saturated carbocycles. The lowest BCUT2D eigenvalue weighted by Crippen LogP contribution is -2.56. The highest BCUT2D eigenvalue weighted by atomic mass is 16.3.